The van der Waals surface area contributed by atoms with Gasteiger partial charge in [-0.2, -0.15) is 0 Å². The minimum Gasteiger partial charge on any atom is -0.465 e. The highest BCUT2D eigenvalue weighted by atomic mass is 32.2. The number of nitrogens with two attached hydrogens (primary N) is 1. The van der Waals surface area contributed by atoms with E-state index in [9.17, 15) is 31.5 Å². The number of carboxylic acid groups (broad SMARTS) is 1. The average Bonchev–Trinajstić information content (AvgIpc) is 3.04. The van der Waals surface area contributed by atoms with Gasteiger partial charge in [0.1, 0.15) is 23.1 Å². The van der Waals surface area contributed by atoms with Crippen molar-refractivity contribution in [2.24, 2.45) is 5.14 Å². The van der Waals surface area contributed by atoms with Crippen molar-refractivity contribution < 1.29 is 36.2 Å². The zero-order valence-corrected chi connectivity index (χ0v) is 18.1. The third-order valence-corrected chi connectivity index (χ3v) is 6.31. The molecule has 0 radical (unpaired) electrons. The van der Waals surface area contributed by atoms with Gasteiger partial charge in [0.15, 0.2) is 0 Å². The zero-order valence-electron chi connectivity index (χ0n) is 17.3. The van der Waals surface area contributed by atoms with Crippen LogP contribution in [0.1, 0.15) is 11.3 Å². The van der Waals surface area contributed by atoms with E-state index in [2.05, 4.69) is 4.98 Å². The molecule has 3 heterocycles. The van der Waals surface area contributed by atoms with Gasteiger partial charge in [0.25, 0.3) is 0 Å². The molecule has 0 aliphatic carbocycles. The topological polar surface area (TPSA) is 127 Å². The maximum atomic E-state index is 14.9. The number of nitrogens with zero attached hydrogens (tertiary/aromatic N) is 3. The third-order valence-electron chi connectivity index (χ3n) is 5.41. The molecule has 3 aromatic rings. The van der Waals surface area contributed by atoms with Gasteiger partial charge >= 0.3 is 6.09 Å². The van der Waals surface area contributed by atoms with Gasteiger partial charge in [-0.05, 0) is 30.7 Å². The number of ether oxygens (including phenoxy) is 1. The summed E-state index contributed by atoms with van der Waals surface area (Å²) in [6, 6.07) is 2.55. The van der Waals surface area contributed by atoms with Crippen LogP contribution in [-0.4, -0.2) is 59.7 Å². The van der Waals surface area contributed by atoms with Gasteiger partial charge < -0.3 is 19.1 Å². The second kappa shape index (κ2) is 8.32. The van der Waals surface area contributed by atoms with Gasteiger partial charge in [-0.15, -0.1) is 0 Å². The molecule has 1 saturated heterocycles. The van der Waals surface area contributed by atoms with Crippen molar-refractivity contribution in [1.29, 1.82) is 0 Å². The van der Waals surface area contributed by atoms with Crippen molar-refractivity contribution in [3.63, 3.8) is 0 Å². The summed E-state index contributed by atoms with van der Waals surface area (Å²) in [7, 11) is -4.37. The maximum absolute atomic E-state index is 14.9. The Morgan fingerprint density at radius 1 is 1.24 bits per heavy atom. The van der Waals surface area contributed by atoms with E-state index < -0.39 is 50.1 Å². The number of pyridine rings is 1. The van der Waals surface area contributed by atoms with E-state index in [0.29, 0.717) is 12.1 Å². The normalized spacial score (nSPS) is 17.0. The number of imidazole rings is 1. The lowest BCUT2D eigenvalue weighted by molar-refractivity contribution is -0.0215. The number of sulfonamides is 1. The Hall–Kier alpha value is -3.16. The van der Waals surface area contributed by atoms with Crippen molar-refractivity contribution in [1.82, 2.24) is 14.3 Å². The van der Waals surface area contributed by atoms with Crippen LogP contribution in [0.15, 0.2) is 29.3 Å². The molecule has 1 aromatic carbocycles. The number of aryl methyl sites for hydroxylation is 1. The van der Waals surface area contributed by atoms with Crippen molar-refractivity contribution in [2.75, 3.05) is 19.7 Å². The van der Waals surface area contributed by atoms with Crippen molar-refractivity contribution in [3.8, 4) is 11.3 Å². The number of fused-ring (bicyclic) bond motifs is 1. The fourth-order valence-electron chi connectivity index (χ4n) is 3.78. The van der Waals surface area contributed by atoms with E-state index in [0.717, 1.165) is 11.1 Å². The summed E-state index contributed by atoms with van der Waals surface area (Å²) >= 11 is 0. The van der Waals surface area contributed by atoms with Crippen LogP contribution in [0.3, 0.4) is 0 Å². The Labute approximate surface area is 186 Å². The van der Waals surface area contributed by atoms with Gasteiger partial charge in [0.2, 0.25) is 10.0 Å². The smallest absolute Gasteiger partial charge is 0.407 e. The fraction of sp³-hybridized carbons (Fsp3) is 0.300. The molecule has 0 bridgehead atoms. The number of hydrogen-bond donors (Lipinski definition) is 2. The standard InChI is InChI=1S/C20H19F3N4O5S/c1-10-4-17-25-19(18-13(21)6-12(7-14(18)22)33(24,30)31)16(27(17)9-15(10)23)5-11-8-26(20(28)29)2-3-32-11/h4,6-7,9,11H,2-3,5,8H2,1H3,(H,28,29)(H2,24,30,31). The number of carbonyl (C=O) groups is 1. The molecule has 13 heteroatoms. The first-order valence-electron chi connectivity index (χ1n) is 9.74. The zero-order chi connectivity index (χ0) is 24.1. The van der Waals surface area contributed by atoms with E-state index >= 15 is 0 Å². The molecule has 1 aliphatic heterocycles. The molecule has 1 aliphatic rings. The Bertz CT molecular complexity index is 1350. The molecule has 0 spiro atoms. The molecule has 0 saturated carbocycles. The summed E-state index contributed by atoms with van der Waals surface area (Å²) in [5.74, 6) is -3.04. The lowest BCUT2D eigenvalue weighted by atomic mass is 10.0. The van der Waals surface area contributed by atoms with E-state index in [1.807, 2.05) is 0 Å². The van der Waals surface area contributed by atoms with Gasteiger partial charge in [-0.1, -0.05) is 0 Å². The van der Waals surface area contributed by atoms with Crippen molar-refractivity contribution in [3.05, 3.63) is 53.1 Å². The molecular weight excluding hydrogens is 465 g/mol. The minimum atomic E-state index is -4.37. The summed E-state index contributed by atoms with van der Waals surface area (Å²) in [6.07, 6.45) is -0.756. The molecule has 2 aromatic heterocycles. The van der Waals surface area contributed by atoms with Gasteiger partial charge in [0.05, 0.1) is 41.1 Å². The summed E-state index contributed by atoms with van der Waals surface area (Å²) < 4.78 is 74.2. The van der Waals surface area contributed by atoms with Crippen LogP contribution in [0.5, 0.6) is 0 Å². The molecule has 1 amide bonds. The van der Waals surface area contributed by atoms with E-state index in [4.69, 9.17) is 9.88 Å². The van der Waals surface area contributed by atoms with Gasteiger partial charge in [0, 0.05) is 19.2 Å². The minimum absolute atomic E-state index is 0.00826. The van der Waals surface area contributed by atoms with Gasteiger partial charge in [-0.25, -0.2) is 36.5 Å². The highest BCUT2D eigenvalue weighted by Gasteiger charge is 2.29. The maximum Gasteiger partial charge on any atom is 0.407 e. The molecule has 176 valence electrons. The lowest BCUT2D eigenvalue weighted by Gasteiger charge is -2.31. The third kappa shape index (κ3) is 4.38. The monoisotopic (exact) mass is 484 g/mol. The van der Waals surface area contributed by atoms with Crippen LogP contribution < -0.4 is 5.14 Å². The first-order valence-corrected chi connectivity index (χ1v) is 11.3. The molecular formula is C20H19F3N4O5S. The largest absolute Gasteiger partial charge is 0.465 e. The average molecular weight is 484 g/mol. The molecule has 33 heavy (non-hydrogen) atoms. The molecule has 1 unspecified atom stereocenters. The number of amides is 1. The van der Waals surface area contributed by atoms with Crippen LogP contribution in [0.2, 0.25) is 0 Å². The molecule has 1 atom stereocenters. The number of primary sulfonamides is 1. The van der Waals surface area contributed by atoms with Crippen LogP contribution >= 0.6 is 0 Å². The number of halogens is 3. The quantitative estimate of drug-likeness (QED) is 0.585. The predicted octanol–water partition coefficient (Wildman–Crippen LogP) is 2.30. The molecule has 9 nitrogen and oxygen atoms in total. The second-order valence-corrected chi connectivity index (χ2v) is 9.23. The van der Waals surface area contributed by atoms with Crippen LogP contribution in [0.4, 0.5) is 18.0 Å². The SMILES string of the molecule is Cc1cc2nc(-c3c(F)cc(S(N)(=O)=O)cc3F)c(CC3CN(C(=O)O)CCO3)n2cc1F. The Kier molecular flexibility index (Phi) is 5.80. The highest BCUT2D eigenvalue weighted by Crippen LogP contribution is 2.33. The number of rotatable bonds is 4. The second-order valence-electron chi connectivity index (χ2n) is 7.67. The van der Waals surface area contributed by atoms with E-state index in [1.165, 1.54) is 17.4 Å². The van der Waals surface area contributed by atoms with Crippen LogP contribution in [-0.2, 0) is 21.2 Å². The first-order chi connectivity index (χ1) is 15.5. The number of aromatic nitrogens is 2. The molecule has 1 fully saturated rings. The summed E-state index contributed by atoms with van der Waals surface area (Å²) in [6.45, 7) is 1.77. The Balaban J connectivity index is 1.88. The van der Waals surface area contributed by atoms with Crippen molar-refractivity contribution in [2.45, 2.75) is 24.3 Å². The molecule has 4 rings (SSSR count). The van der Waals surface area contributed by atoms with Gasteiger partial charge in [-0.3, -0.25) is 0 Å². The Morgan fingerprint density at radius 2 is 1.91 bits per heavy atom. The summed E-state index contributed by atoms with van der Waals surface area (Å²) in [5.41, 5.74) is -0.194. The van der Waals surface area contributed by atoms with Crippen LogP contribution in [0, 0.1) is 24.4 Å². The summed E-state index contributed by atoms with van der Waals surface area (Å²) in [4.78, 5) is 16.0. The van der Waals surface area contributed by atoms with Crippen LogP contribution in [0.25, 0.3) is 16.9 Å². The highest BCUT2D eigenvalue weighted by molar-refractivity contribution is 7.89. The molecule has 3 N–H and O–H groups in total. The van der Waals surface area contributed by atoms with E-state index in [-0.39, 0.29) is 48.7 Å². The fourth-order valence-corrected chi connectivity index (χ4v) is 4.31. The summed E-state index contributed by atoms with van der Waals surface area (Å²) in [5, 5.41) is 14.2. The number of morpholine rings is 1. The van der Waals surface area contributed by atoms with E-state index in [1.54, 1.807) is 0 Å². The lowest BCUT2D eigenvalue weighted by Crippen LogP contribution is -2.45. The first kappa shape index (κ1) is 23.0. The van der Waals surface area contributed by atoms with Crippen molar-refractivity contribution >= 4 is 21.8 Å². The number of benzene rings is 1. The Morgan fingerprint density at radius 3 is 2.52 bits per heavy atom. The number of hydrogen-bond acceptors (Lipinski definition) is 5. The predicted molar refractivity (Wildman–Crippen MR) is 110 cm³/mol.